The minimum Gasteiger partial charge on any atom is -0.496 e. The summed E-state index contributed by atoms with van der Waals surface area (Å²) in [5, 5.41) is 9.89. The fourth-order valence-corrected chi connectivity index (χ4v) is 3.57. The maximum Gasteiger partial charge on any atom is 0.336 e. The third kappa shape index (κ3) is 3.92. The molecule has 0 amide bonds. The zero-order valence-electron chi connectivity index (χ0n) is 17.1. The number of ether oxygens (including phenoxy) is 2. The third-order valence-electron chi connectivity index (χ3n) is 4.98. The van der Waals surface area contributed by atoms with E-state index < -0.39 is 11.8 Å². The Morgan fingerprint density at radius 3 is 2.52 bits per heavy atom. The van der Waals surface area contributed by atoms with Gasteiger partial charge in [0.2, 0.25) is 0 Å². The summed E-state index contributed by atoms with van der Waals surface area (Å²) >= 11 is 0. The summed E-state index contributed by atoms with van der Waals surface area (Å²) in [4.78, 5) is 16.3. The first-order chi connectivity index (χ1) is 15.0. The van der Waals surface area contributed by atoms with Crippen LogP contribution < -0.4 is 9.47 Å². The van der Waals surface area contributed by atoms with E-state index in [9.17, 15) is 14.3 Å². The van der Waals surface area contributed by atoms with Crippen molar-refractivity contribution in [2.24, 2.45) is 0 Å². The number of rotatable bonds is 6. The highest BCUT2D eigenvalue weighted by atomic mass is 19.1. The molecule has 5 nitrogen and oxygen atoms in total. The van der Waals surface area contributed by atoms with Gasteiger partial charge in [-0.05, 0) is 49.4 Å². The molecule has 3 aromatic carbocycles. The molecule has 4 aromatic rings. The number of benzene rings is 3. The van der Waals surface area contributed by atoms with Crippen LogP contribution >= 0.6 is 0 Å². The Bertz CT molecular complexity index is 1290. The molecule has 0 unspecified atom stereocenters. The van der Waals surface area contributed by atoms with Gasteiger partial charge in [-0.1, -0.05) is 24.3 Å². The lowest BCUT2D eigenvalue weighted by atomic mass is 9.99. The lowest BCUT2D eigenvalue weighted by Gasteiger charge is -2.15. The monoisotopic (exact) mass is 417 g/mol. The highest BCUT2D eigenvalue weighted by Crippen LogP contribution is 2.39. The number of carboxylic acids is 1. The molecule has 0 aliphatic carbocycles. The molecule has 6 heteroatoms. The number of hydrogen-bond acceptors (Lipinski definition) is 4. The second-order valence-corrected chi connectivity index (χ2v) is 6.87. The predicted molar refractivity (Wildman–Crippen MR) is 117 cm³/mol. The zero-order valence-corrected chi connectivity index (χ0v) is 17.1. The van der Waals surface area contributed by atoms with E-state index in [-0.39, 0.29) is 10.9 Å². The molecule has 0 aliphatic rings. The van der Waals surface area contributed by atoms with Crippen molar-refractivity contribution >= 4 is 16.9 Å². The Hall–Kier alpha value is -3.93. The standard InChI is InChI=1S/C25H20FNO4/c1-3-31-23-7-5-4-6-17(23)18-10-8-15(12-24(18)30-2)22-14-20(25(28)29)19-13-16(26)9-11-21(19)27-22/h4-14H,3H2,1-2H3,(H,28,29). The van der Waals surface area contributed by atoms with Crippen molar-refractivity contribution in [1.82, 2.24) is 4.98 Å². The van der Waals surface area contributed by atoms with Gasteiger partial charge in [-0.15, -0.1) is 0 Å². The molecule has 0 aliphatic heterocycles. The van der Waals surface area contributed by atoms with Crippen LogP contribution in [0.5, 0.6) is 11.5 Å². The molecule has 0 radical (unpaired) electrons. The van der Waals surface area contributed by atoms with Gasteiger partial charge in [0.05, 0.1) is 30.5 Å². The summed E-state index contributed by atoms with van der Waals surface area (Å²) < 4.78 is 25.0. The van der Waals surface area contributed by atoms with Crippen LogP contribution in [0, 0.1) is 5.82 Å². The van der Waals surface area contributed by atoms with Gasteiger partial charge in [0.25, 0.3) is 0 Å². The van der Waals surface area contributed by atoms with Crippen LogP contribution in [0.25, 0.3) is 33.3 Å². The van der Waals surface area contributed by atoms with Crippen molar-refractivity contribution in [2.75, 3.05) is 13.7 Å². The highest BCUT2D eigenvalue weighted by Gasteiger charge is 2.16. The van der Waals surface area contributed by atoms with E-state index in [0.29, 0.717) is 29.1 Å². The van der Waals surface area contributed by atoms with Crippen LogP contribution in [0.4, 0.5) is 4.39 Å². The van der Waals surface area contributed by atoms with Crippen molar-refractivity contribution in [3.63, 3.8) is 0 Å². The number of aromatic nitrogens is 1. The van der Waals surface area contributed by atoms with E-state index in [1.54, 1.807) is 13.2 Å². The normalized spacial score (nSPS) is 10.8. The first-order valence-corrected chi connectivity index (χ1v) is 9.76. The van der Waals surface area contributed by atoms with Crippen molar-refractivity contribution in [3.8, 4) is 33.9 Å². The summed E-state index contributed by atoms with van der Waals surface area (Å²) in [5.74, 6) is -0.311. The van der Waals surface area contributed by atoms with Crippen molar-refractivity contribution in [3.05, 3.63) is 78.1 Å². The SMILES string of the molecule is CCOc1ccccc1-c1ccc(-c2cc(C(=O)O)c3cc(F)ccc3n2)cc1OC. The van der Waals surface area contributed by atoms with E-state index in [2.05, 4.69) is 4.98 Å². The lowest BCUT2D eigenvalue weighted by Crippen LogP contribution is -2.01. The van der Waals surface area contributed by atoms with Gasteiger partial charge in [-0.2, -0.15) is 0 Å². The second-order valence-electron chi connectivity index (χ2n) is 6.87. The Morgan fingerprint density at radius 2 is 1.77 bits per heavy atom. The van der Waals surface area contributed by atoms with Crippen molar-refractivity contribution in [1.29, 1.82) is 0 Å². The number of carboxylic acid groups (broad SMARTS) is 1. The van der Waals surface area contributed by atoms with Crippen molar-refractivity contribution < 1.29 is 23.8 Å². The van der Waals surface area contributed by atoms with Crippen LogP contribution in [0.2, 0.25) is 0 Å². The smallest absolute Gasteiger partial charge is 0.336 e. The molecule has 0 bridgehead atoms. The largest absolute Gasteiger partial charge is 0.496 e. The molecule has 0 fully saturated rings. The Labute approximate surface area is 178 Å². The topological polar surface area (TPSA) is 68.7 Å². The Balaban J connectivity index is 1.86. The fourth-order valence-electron chi connectivity index (χ4n) is 3.57. The summed E-state index contributed by atoms with van der Waals surface area (Å²) in [6.45, 7) is 2.46. The van der Waals surface area contributed by atoms with Gasteiger partial charge in [0, 0.05) is 22.1 Å². The van der Waals surface area contributed by atoms with Crippen LogP contribution in [-0.2, 0) is 0 Å². The van der Waals surface area contributed by atoms with Crippen LogP contribution in [0.15, 0.2) is 66.7 Å². The quantitative estimate of drug-likeness (QED) is 0.429. The molecular weight excluding hydrogens is 397 g/mol. The van der Waals surface area contributed by atoms with Crippen LogP contribution in [0.3, 0.4) is 0 Å². The average molecular weight is 417 g/mol. The molecule has 0 spiro atoms. The van der Waals surface area contributed by atoms with Crippen LogP contribution in [0.1, 0.15) is 17.3 Å². The van der Waals surface area contributed by atoms with Gasteiger partial charge < -0.3 is 14.6 Å². The number of nitrogens with zero attached hydrogens (tertiary/aromatic N) is 1. The Morgan fingerprint density at radius 1 is 1.00 bits per heavy atom. The molecule has 156 valence electrons. The molecule has 0 atom stereocenters. The number of hydrogen-bond donors (Lipinski definition) is 1. The number of carbonyl (C=O) groups is 1. The number of halogens is 1. The van der Waals surface area contributed by atoms with Gasteiger partial charge in [0.15, 0.2) is 0 Å². The maximum atomic E-state index is 13.6. The molecule has 1 aromatic heterocycles. The van der Waals surface area contributed by atoms with E-state index in [1.807, 2.05) is 43.3 Å². The molecular formula is C25H20FNO4. The Kier molecular flexibility index (Phi) is 5.54. The summed E-state index contributed by atoms with van der Waals surface area (Å²) in [5.41, 5.74) is 3.27. The summed E-state index contributed by atoms with van der Waals surface area (Å²) in [6.07, 6.45) is 0. The third-order valence-corrected chi connectivity index (χ3v) is 4.98. The van der Waals surface area contributed by atoms with E-state index in [0.717, 1.165) is 16.9 Å². The molecule has 31 heavy (non-hydrogen) atoms. The minimum absolute atomic E-state index is 0.00997. The maximum absolute atomic E-state index is 13.6. The minimum atomic E-state index is -1.14. The molecule has 0 saturated heterocycles. The number of para-hydroxylation sites is 1. The zero-order chi connectivity index (χ0) is 22.0. The molecule has 4 rings (SSSR count). The highest BCUT2D eigenvalue weighted by molar-refractivity contribution is 6.03. The van der Waals surface area contributed by atoms with Gasteiger partial charge in [0.1, 0.15) is 17.3 Å². The van der Waals surface area contributed by atoms with Crippen molar-refractivity contribution in [2.45, 2.75) is 6.92 Å². The van der Waals surface area contributed by atoms with Gasteiger partial charge >= 0.3 is 5.97 Å². The first kappa shape index (κ1) is 20.3. The van der Waals surface area contributed by atoms with E-state index in [4.69, 9.17) is 9.47 Å². The lowest BCUT2D eigenvalue weighted by molar-refractivity contribution is 0.0699. The summed E-state index contributed by atoms with van der Waals surface area (Å²) in [7, 11) is 1.57. The van der Waals surface area contributed by atoms with E-state index in [1.165, 1.54) is 24.3 Å². The second kappa shape index (κ2) is 8.44. The molecule has 1 heterocycles. The number of methoxy groups -OCH3 is 1. The first-order valence-electron chi connectivity index (χ1n) is 9.76. The summed E-state index contributed by atoms with van der Waals surface area (Å²) in [6, 6.07) is 18.6. The number of aromatic carboxylic acids is 1. The molecule has 1 N–H and O–H groups in total. The fraction of sp³-hybridized carbons (Fsp3) is 0.120. The van der Waals surface area contributed by atoms with Gasteiger partial charge in [-0.3, -0.25) is 0 Å². The average Bonchev–Trinajstić information content (AvgIpc) is 2.78. The molecule has 0 saturated carbocycles. The number of fused-ring (bicyclic) bond motifs is 1. The van der Waals surface area contributed by atoms with E-state index >= 15 is 0 Å². The predicted octanol–water partition coefficient (Wildman–Crippen LogP) is 5.81. The number of pyridine rings is 1. The van der Waals surface area contributed by atoms with Crippen LogP contribution in [-0.4, -0.2) is 29.8 Å². The van der Waals surface area contributed by atoms with Gasteiger partial charge in [-0.25, -0.2) is 14.2 Å².